The summed E-state index contributed by atoms with van der Waals surface area (Å²) in [4.78, 5) is 14.0. The van der Waals surface area contributed by atoms with Crippen LogP contribution in [0.3, 0.4) is 0 Å². The van der Waals surface area contributed by atoms with Crippen molar-refractivity contribution >= 4 is 17.2 Å². The number of fused-ring (bicyclic) bond motifs is 1. The molecule has 0 unspecified atom stereocenters. The number of H-pyrrole nitrogens is 1. The van der Waals surface area contributed by atoms with E-state index in [9.17, 15) is 4.79 Å². The molecule has 16 heavy (non-hydrogen) atoms. The topological polar surface area (TPSA) is 46.0 Å². The van der Waals surface area contributed by atoms with E-state index in [1.165, 1.54) is 0 Å². The van der Waals surface area contributed by atoms with Crippen LogP contribution in [0.5, 0.6) is 0 Å². The Hall–Kier alpha value is -2.29. The van der Waals surface area contributed by atoms with Crippen LogP contribution in [-0.2, 0) is 0 Å². The predicted molar refractivity (Wildman–Crippen MR) is 61.4 cm³/mol. The van der Waals surface area contributed by atoms with Gasteiger partial charge in [-0.2, -0.15) is 0 Å². The summed E-state index contributed by atoms with van der Waals surface area (Å²) in [6.07, 6.45) is 5.89. The van der Waals surface area contributed by atoms with Crippen LogP contribution in [0.2, 0.25) is 0 Å². The first-order valence-electron chi connectivity index (χ1n) is 4.98. The van der Waals surface area contributed by atoms with Crippen LogP contribution in [0.4, 0.5) is 0 Å². The third kappa shape index (κ3) is 1.18. The first-order valence-corrected chi connectivity index (χ1v) is 4.98. The normalized spacial score (nSPS) is 10.8. The molecule has 0 bridgehead atoms. The van der Waals surface area contributed by atoms with E-state index >= 15 is 0 Å². The summed E-state index contributed by atoms with van der Waals surface area (Å²) in [6, 6.07) is 7.77. The Labute approximate surface area is 91.7 Å². The first-order chi connectivity index (χ1) is 7.90. The lowest BCUT2D eigenvalue weighted by atomic mass is 10.0. The van der Waals surface area contributed by atoms with Crippen LogP contribution in [0.25, 0.3) is 22.0 Å². The van der Waals surface area contributed by atoms with Gasteiger partial charge in [-0.3, -0.25) is 4.79 Å². The molecule has 2 aromatic heterocycles. The van der Waals surface area contributed by atoms with E-state index in [2.05, 4.69) is 4.98 Å². The number of carbonyl (C=O) groups is 1. The minimum atomic E-state index is 0.673. The lowest BCUT2D eigenvalue weighted by Crippen LogP contribution is -1.80. The lowest BCUT2D eigenvalue weighted by molar-refractivity contribution is 0.112. The number of aromatic nitrogens is 1. The number of hydrogen-bond acceptors (Lipinski definition) is 2. The Bertz CT molecular complexity index is 635. The van der Waals surface area contributed by atoms with Gasteiger partial charge in [0, 0.05) is 28.2 Å². The SMILES string of the molecule is O=Cc1c[nH]c2cccc(-c3ccoc3)c12. The number of hydrogen-bond donors (Lipinski definition) is 1. The maximum atomic E-state index is 11.0. The van der Waals surface area contributed by atoms with Gasteiger partial charge in [0.15, 0.2) is 6.29 Å². The van der Waals surface area contributed by atoms with E-state index < -0.39 is 0 Å². The molecule has 1 aromatic carbocycles. The zero-order valence-electron chi connectivity index (χ0n) is 8.44. The number of furan rings is 1. The highest BCUT2D eigenvalue weighted by Gasteiger charge is 2.09. The van der Waals surface area contributed by atoms with Gasteiger partial charge in [0.25, 0.3) is 0 Å². The number of nitrogens with one attached hydrogen (secondary N) is 1. The second kappa shape index (κ2) is 3.38. The van der Waals surface area contributed by atoms with Crippen LogP contribution in [-0.4, -0.2) is 11.3 Å². The summed E-state index contributed by atoms with van der Waals surface area (Å²) in [7, 11) is 0. The molecule has 0 spiro atoms. The Kier molecular flexibility index (Phi) is 1.90. The van der Waals surface area contributed by atoms with E-state index in [4.69, 9.17) is 4.42 Å². The molecule has 1 N–H and O–H groups in total. The number of aromatic amines is 1. The number of rotatable bonds is 2. The predicted octanol–water partition coefficient (Wildman–Crippen LogP) is 3.24. The molecular weight excluding hydrogens is 202 g/mol. The fraction of sp³-hybridized carbons (Fsp3) is 0. The molecule has 3 rings (SSSR count). The Balaban J connectivity index is 2.39. The van der Waals surface area contributed by atoms with E-state index in [1.807, 2.05) is 24.3 Å². The number of carbonyl (C=O) groups excluding carboxylic acids is 1. The van der Waals surface area contributed by atoms with Crippen molar-refractivity contribution in [2.24, 2.45) is 0 Å². The molecule has 0 atom stereocenters. The third-order valence-electron chi connectivity index (χ3n) is 2.70. The smallest absolute Gasteiger partial charge is 0.152 e. The molecule has 0 saturated carbocycles. The maximum Gasteiger partial charge on any atom is 0.152 e. The third-order valence-corrected chi connectivity index (χ3v) is 2.70. The molecule has 3 aromatic rings. The van der Waals surface area contributed by atoms with Crippen LogP contribution in [0, 0.1) is 0 Å². The van der Waals surface area contributed by atoms with E-state index in [0.717, 1.165) is 28.3 Å². The van der Waals surface area contributed by atoms with Gasteiger partial charge < -0.3 is 9.40 Å². The summed E-state index contributed by atoms with van der Waals surface area (Å²) in [5.41, 5.74) is 3.62. The first kappa shape index (κ1) is 8.97. The fourth-order valence-electron chi connectivity index (χ4n) is 1.96. The van der Waals surface area contributed by atoms with Crippen molar-refractivity contribution in [1.82, 2.24) is 4.98 Å². The summed E-state index contributed by atoms with van der Waals surface area (Å²) in [5.74, 6) is 0. The zero-order chi connectivity index (χ0) is 11.0. The van der Waals surface area contributed by atoms with Crippen molar-refractivity contribution in [3.8, 4) is 11.1 Å². The molecule has 0 fully saturated rings. The molecule has 0 saturated heterocycles. The minimum Gasteiger partial charge on any atom is -0.472 e. The largest absolute Gasteiger partial charge is 0.472 e. The summed E-state index contributed by atoms with van der Waals surface area (Å²) in [6.45, 7) is 0. The van der Waals surface area contributed by atoms with Gasteiger partial charge in [0.05, 0.1) is 12.5 Å². The van der Waals surface area contributed by atoms with Crippen molar-refractivity contribution in [3.05, 3.63) is 48.6 Å². The molecule has 3 heteroatoms. The highest BCUT2D eigenvalue weighted by atomic mass is 16.3. The highest BCUT2D eigenvalue weighted by molar-refractivity contribution is 6.05. The van der Waals surface area contributed by atoms with Crippen LogP contribution in [0.15, 0.2) is 47.4 Å². The van der Waals surface area contributed by atoms with Crippen molar-refractivity contribution < 1.29 is 9.21 Å². The summed E-state index contributed by atoms with van der Waals surface area (Å²) < 4.78 is 5.07. The average molecular weight is 211 g/mol. The molecule has 0 radical (unpaired) electrons. The van der Waals surface area contributed by atoms with Crippen LogP contribution < -0.4 is 0 Å². The van der Waals surface area contributed by atoms with Gasteiger partial charge in [-0.1, -0.05) is 12.1 Å². The highest BCUT2D eigenvalue weighted by Crippen LogP contribution is 2.30. The molecule has 2 heterocycles. The Morgan fingerprint density at radius 1 is 1.25 bits per heavy atom. The number of benzene rings is 1. The average Bonchev–Trinajstić information content (AvgIpc) is 2.97. The van der Waals surface area contributed by atoms with Gasteiger partial charge in [0.1, 0.15) is 0 Å². The second-order valence-electron chi connectivity index (χ2n) is 3.60. The molecule has 0 aliphatic carbocycles. The van der Waals surface area contributed by atoms with Gasteiger partial charge >= 0.3 is 0 Å². The van der Waals surface area contributed by atoms with E-state index in [-0.39, 0.29) is 0 Å². The van der Waals surface area contributed by atoms with Gasteiger partial charge in [-0.25, -0.2) is 0 Å². The maximum absolute atomic E-state index is 11.0. The summed E-state index contributed by atoms with van der Waals surface area (Å²) >= 11 is 0. The second-order valence-corrected chi connectivity index (χ2v) is 3.60. The Morgan fingerprint density at radius 3 is 2.94 bits per heavy atom. The van der Waals surface area contributed by atoms with Gasteiger partial charge in [-0.05, 0) is 17.7 Å². The van der Waals surface area contributed by atoms with E-state index in [0.29, 0.717) is 5.56 Å². The van der Waals surface area contributed by atoms with Crippen molar-refractivity contribution in [2.45, 2.75) is 0 Å². The lowest BCUT2D eigenvalue weighted by Gasteiger charge is -2.00. The van der Waals surface area contributed by atoms with Crippen molar-refractivity contribution in [1.29, 1.82) is 0 Å². The monoisotopic (exact) mass is 211 g/mol. The minimum absolute atomic E-state index is 0.673. The molecule has 0 aliphatic heterocycles. The van der Waals surface area contributed by atoms with E-state index in [1.54, 1.807) is 18.7 Å². The molecule has 3 nitrogen and oxygen atoms in total. The molecule has 78 valence electrons. The van der Waals surface area contributed by atoms with Crippen molar-refractivity contribution in [2.75, 3.05) is 0 Å². The Morgan fingerprint density at radius 2 is 2.19 bits per heavy atom. The zero-order valence-corrected chi connectivity index (χ0v) is 8.44. The van der Waals surface area contributed by atoms with Crippen LogP contribution in [0.1, 0.15) is 10.4 Å². The summed E-state index contributed by atoms with van der Waals surface area (Å²) in [5, 5.41) is 0.943. The van der Waals surface area contributed by atoms with Crippen LogP contribution >= 0.6 is 0 Å². The number of aldehydes is 1. The van der Waals surface area contributed by atoms with Gasteiger partial charge in [0.2, 0.25) is 0 Å². The molecular formula is C13H9NO2. The van der Waals surface area contributed by atoms with Crippen molar-refractivity contribution in [3.63, 3.8) is 0 Å². The quantitative estimate of drug-likeness (QED) is 0.661. The fourth-order valence-corrected chi connectivity index (χ4v) is 1.96. The van der Waals surface area contributed by atoms with Gasteiger partial charge in [-0.15, -0.1) is 0 Å². The molecule has 0 aliphatic rings. The molecule has 0 amide bonds. The standard InChI is InChI=1S/C13H9NO2/c15-7-10-6-14-12-3-1-2-11(13(10)12)9-4-5-16-8-9/h1-8,14H.